The van der Waals surface area contributed by atoms with Crippen molar-refractivity contribution in [2.75, 3.05) is 13.7 Å². The molecule has 2 aromatic rings. The fourth-order valence-corrected chi connectivity index (χ4v) is 5.70. The number of fused-ring (bicyclic) bond motifs is 5. The van der Waals surface area contributed by atoms with Gasteiger partial charge in [-0.1, -0.05) is 26.8 Å². The molecule has 4 nitrogen and oxygen atoms in total. The van der Waals surface area contributed by atoms with Crippen molar-refractivity contribution in [2.45, 2.75) is 51.5 Å². The summed E-state index contributed by atoms with van der Waals surface area (Å²) in [4.78, 5) is 20.1. The summed E-state index contributed by atoms with van der Waals surface area (Å²) in [6.07, 6.45) is 4.57. The van der Waals surface area contributed by atoms with Crippen LogP contribution >= 0.6 is 0 Å². The summed E-state index contributed by atoms with van der Waals surface area (Å²) in [5.41, 5.74) is 5.69. The highest BCUT2D eigenvalue weighted by molar-refractivity contribution is 5.96. The number of carbonyl (C=O) groups is 1. The van der Waals surface area contributed by atoms with Crippen molar-refractivity contribution in [2.24, 2.45) is 10.4 Å². The Hall–Kier alpha value is -2.62. The van der Waals surface area contributed by atoms with E-state index >= 15 is 0 Å². The molecule has 1 amide bonds. The lowest BCUT2D eigenvalue weighted by Crippen LogP contribution is -2.64. The number of hydrogen-bond donors (Lipinski definition) is 0. The minimum atomic E-state index is -0.0116. The number of benzene rings is 2. The minimum absolute atomic E-state index is 0.0116. The van der Waals surface area contributed by atoms with Gasteiger partial charge in [0.1, 0.15) is 5.75 Å². The topological polar surface area (TPSA) is 41.9 Å². The lowest BCUT2D eigenvalue weighted by molar-refractivity contribution is -0.0262. The molecule has 2 heterocycles. The molecule has 0 saturated carbocycles. The van der Waals surface area contributed by atoms with Crippen molar-refractivity contribution in [3.8, 4) is 5.75 Å². The number of likely N-dealkylation sites (tertiary alicyclic amines) is 1. The molecule has 2 bridgehead atoms. The van der Waals surface area contributed by atoms with Gasteiger partial charge in [-0.2, -0.15) is 0 Å². The zero-order valence-electron chi connectivity index (χ0n) is 17.7. The molecule has 0 aromatic heterocycles. The van der Waals surface area contributed by atoms with E-state index in [9.17, 15) is 4.79 Å². The van der Waals surface area contributed by atoms with Crippen LogP contribution in [0.1, 0.15) is 54.2 Å². The van der Waals surface area contributed by atoms with Gasteiger partial charge in [-0.25, -0.2) is 0 Å². The van der Waals surface area contributed by atoms with Crippen molar-refractivity contribution in [1.29, 1.82) is 0 Å². The number of rotatable bonds is 2. The van der Waals surface area contributed by atoms with Crippen LogP contribution in [0.2, 0.25) is 0 Å². The maximum absolute atomic E-state index is 13.6. The molecule has 4 heteroatoms. The third-order valence-corrected chi connectivity index (χ3v) is 7.93. The number of nitrogens with zero attached hydrogens (tertiary/aromatic N) is 2. The first-order chi connectivity index (χ1) is 13.8. The first kappa shape index (κ1) is 18.4. The molecule has 0 N–H and O–H groups in total. The second-order valence-electron chi connectivity index (χ2n) is 9.40. The fourth-order valence-electron chi connectivity index (χ4n) is 5.70. The van der Waals surface area contributed by atoms with Gasteiger partial charge in [0.25, 0.3) is 5.91 Å². The molecular formula is C25H28N2O2. The zero-order chi connectivity index (χ0) is 20.4. The van der Waals surface area contributed by atoms with Crippen LogP contribution < -0.4 is 4.74 Å². The molecule has 29 heavy (non-hydrogen) atoms. The van der Waals surface area contributed by atoms with E-state index in [1.807, 2.05) is 24.4 Å². The molecule has 2 atom stereocenters. The standard InChI is InChI=1S/C25H28N2O2/c1-24(2)22-15-18-14-19(29-4)6-7-20(18)25(24,3)10-12-27(22)23(28)17-5-8-21-16(13-17)9-11-26-21/h5-8,11,13-14,22H,9-10,12,15H2,1-4H3/t22-,25+/m1/s1. The van der Waals surface area contributed by atoms with Crippen LogP contribution in [0.4, 0.5) is 5.69 Å². The van der Waals surface area contributed by atoms with E-state index in [1.165, 1.54) is 11.1 Å². The van der Waals surface area contributed by atoms with E-state index in [2.05, 4.69) is 48.9 Å². The summed E-state index contributed by atoms with van der Waals surface area (Å²) in [7, 11) is 1.71. The highest BCUT2D eigenvalue weighted by atomic mass is 16.5. The number of hydrogen-bond acceptors (Lipinski definition) is 3. The molecule has 0 unspecified atom stereocenters. The van der Waals surface area contributed by atoms with Crippen LogP contribution in [0.15, 0.2) is 41.4 Å². The van der Waals surface area contributed by atoms with Crippen molar-refractivity contribution in [3.63, 3.8) is 0 Å². The Morgan fingerprint density at radius 3 is 2.76 bits per heavy atom. The SMILES string of the molecule is COc1ccc2c(c1)C[C@H]1N(C(=O)c3ccc4c(c3)CC=N4)CC[C@]2(C)C1(C)C. The molecule has 2 aliphatic heterocycles. The summed E-state index contributed by atoms with van der Waals surface area (Å²) < 4.78 is 5.48. The third-order valence-electron chi connectivity index (χ3n) is 7.93. The third kappa shape index (κ3) is 2.51. The molecule has 0 spiro atoms. The highest BCUT2D eigenvalue weighted by Gasteiger charge is 2.56. The maximum atomic E-state index is 13.6. The monoisotopic (exact) mass is 388 g/mol. The number of ether oxygens (including phenoxy) is 1. The van der Waals surface area contributed by atoms with Crippen LogP contribution in [0.5, 0.6) is 5.75 Å². The van der Waals surface area contributed by atoms with Crippen molar-refractivity contribution >= 4 is 17.8 Å². The summed E-state index contributed by atoms with van der Waals surface area (Å²) in [6, 6.07) is 12.6. The lowest BCUT2D eigenvalue weighted by atomic mass is 9.51. The second kappa shape index (κ2) is 6.19. The van der Waals surface area contributed by atoms with Crippen molar-refractivity contribution in [1.82, 2.24) is 4.90 Å². The highest BCUT2D eigenvalue weighted by Crippen LogP contribution is 2.56. The lowest BCUT2D eigenvalue weighted by Gasteiger charge is -2.60. The average Bonchev–Trinajstić information content (AvgIpc) is 3.17. The van der Waals surface area contributed by atoms with E-state index < -0.39 is 0 Å². The molecule has 3 aliphatic rings. The smallest absolute Gasteiger partial charge is 0.254 e. The van der Waals surface area contributed by atoms with E-state index in [1.54, 1.807) is 7.11 Å². The molecule has 1 aliphatic carbocycles. The number of methoxy groups -OCH3 is 1. The predicted octanol–water partition coefficient (Wildman–Crippen LogP) is 4.71. The van der Waals surface area contributed by atoms with Gasteiger partial charge >= 0.3 is 0 Å². The maximum Gasteiger partial charge on any atom is 0.254 e. The van der Waals surface area contributed by atoms with Gasteiger partial charge in [-0.05, 0) is 65.3 Å². The van der Waals surface area contributed by atoms with Gasteiger partial charge in [0.15, 0.2) is 0 Å². The van der Waals surface area contributed by atoms with Crippen LogP contribution in [-0.2, 0) is 18.3 Å². The fraction of sp³-hybridized carbons (Fsp3) is 0.440. The molecule has 150 valence electrons. The normalized spacial score (nSPS) is 26.1. The first-order valence-corrected chi connectivity index (χ1v) is 10.5. The Labute approximate surface area is 172 Å². The van der Waals surface area contributed by atoms with Gasteiger partial charge in [-0.15, -0.1) is 0 Å². The summed E-state index contributed by atoms with van der Waals surface area (Å²) in [5, 5.41) is 0. The number of piperidine rings is 1. The van der Waals surface area contributed by atoms with Crippen LogP contribution in [0.3, 0.4) is 0 Å². The van der Waals surface area contributed by atoms with E-state index in [0.717, 1.165) is 48.4 Å². The van der Waals surface area contributed by atoms with Crippen LogP contribution in [0, 0.1) is 5.41 Å². The van der Waals surface area contributed by atoms with Gasteiger partial charge in [0, 0.05) is 36.2 Å². The summed E-state index contributed by atoms with van der Waals surface area (Å²) in [6.45, 7) is 7.84. The Kier molecular flexibility index (Phi) is 3.93. The van der Waals surface area contributed by atoms with Crippen LogP contribution in [-0.4, -0.2) is 36.7 Å². The van der Waals surface area contributed by atoms with Gasteiger partial charge < -0.3 is 9.64 Å². The van der Waals surface area contributed by atoms with Crippen molar-refractivity contribution in [3.05, 3.63) is 58.7 Å². The zero-order valence-corrected chi connectivity index (χ0v) is 17.7. The average molecular weight is 389 g/mol. The Balaban J connectivity index is 1.54. The molecule has 5 rings (SSSR count). The Bertz CT molecular complexity index is 1040. The Morgan fingerprint density at radius 2 is 1.97 bits per heavy atom. The van der Waals surface area contributed by atoms with Gasteiger partial charge in [0.2, 0.25) is 0 Å². The number of carbonyl (C=O) groups excluding carboxylic acids is 1. The quantitative estimate of drug-likeness (QED) is 0.748. The molecule has 2 aromatic carbocycles. The van der Waals surface area contributed by atoms with E-state index in [0.29, 0.717) is 0 Å². The second-order valence-corrected chi connectivity index (χ2v) is 9.40. The molecular weight excluding hydrogens is 360 g/mol. The Morgan fingerprint density at radius 1 is 1.14 bits per heavy atom. The van der Waals surface area contributed by atoms with Gasteiger partial charge in [-0.3, -0.25) is 9.79 Å². The summed E-state index contributed by atoms with van der Waals surface area (Å²) in [5.74, 6) is 1.03. The number of aliphatic imine (C=N–C) groups is 1. The van der Waals surface area contributed by atoms with E-state index in [-0.39, 0.29) is 22.8 Å². The number of amides is 1. The predicted molar refractivity (Wildman–Crippen MR) is 116 cm³/mol. The largest absolute Gasteiger partial charge is 0.497 e. The molecule has 1 saturated heterocycles. The molecule has 0 radical (unpaired) electrons. The van der Waals surface area contributed by atoms with E-state index in [4.69, 9.17) is 4.74 Å². The molecule has 1 fully saturated rings. The van der Waals surface area contributed by atoms with Gasteiger partial charge in [0.05, 0.1) is 12.8 Å². The minimum Gasteiger partial charge on any atom is -0.497 e. The van der Waals surface area contributed by atoms with Crippen LogP contribution in [0.25, 0.3) is 0 Å². The summed E-state index contributed by atoms with van der Waals surface area (Å²) >= 11 is 0. The first-order valence-electron chi connectivity index (χ1n) is 10.5. The van der Waals surface area contributed by atoms with Crippen molar-refractivity contribution < 1.29 is 9.53 Å².